The van der Waals surface area contributed by atoms with E-state index in [1.807, 2.05) is 19.1 Å². The number of hydrogen-bond acceptors (Lipinski definition) is 4. The highest BCUT2D eigenvalue weighted by Gasteiger charge is 2.28. The van der Waals surface area contributed by atoms with Gasteiger partial charge < -0.3 is 15.5 Å². The molecule has 0 radical (unpaired) electrons. The van der Waals surface area contributed by atoms with Gasteiger partial charge in [0, 0.05) is 44.0 Å². The van der Waals surface area contributed by atoms with E-state index in [4.69, 9.17) is 0 Å². The number of carbonyl (C=O) groups excluding carboxylic acids is 1. The smallest absolute Gasteiger partial charge is 0.237 e. The number of piperazine rings is 1. The zero-order valence-corrected chi connectivity index (χ0v) is 15.2. The maximum atomic E-state index is 13.1. The average Bonchev–Trinajstić information content (AvgIpc) is 2.62. The predicted octanol–water partition coefficient (Wildman–Crippen LogP) is 1.59. The molecule has 3 atom stereocenters. The fourth-order valence-electron chi connectivity index (χ4n) is 3.77. The van der Waals surface area contributed by atoms with Crippen LogP contribution in [0.2, 0.25) is 0 Å². The van der Waals surface area contributed by atoms with Gasteiger partial charge in [0.1, 0.15) is 5.82 Å². The summed E-state index contributed by atoms with van der Waals surface area (Å²) >= 11 is 0. The quantitative estimate of drug-likeness (QED) is 0.868. The summed E-state index contributed by atoms with van der Waals surface area (Å²) in [5, 5.41) is 6.63. The maximum absolute atomic E-state index is 13.1. The molecule has 1 aromatic rings. The van der Waals surface area contributed by atoms with Crippen LogP contribution in [0.4, 0.5) is 10.1 Å². The van der Waals surface area contributed by atoms with E-state index in [2.05, 4.69) is 27.4 Å². The van der Waals surface area contributed by atoms with Gasteiger partial charge in [-0.15, -0.1) is 0 Å². The fourth-order valence-corrected chi connectivity index (χ4v) is 3.77. The number of hydrogen-bond donors (Lipinski definition) is 2. The second kappa shape index (κ2) is 8.15. The van der Waals surface area contributed by atoms with Crippen LogP contribution in [0.25, 0.3) is 0 Å². The number of nitrogens with zero attached hydrogens (tertiary/aromatic N) is 2. The summed E-state index contributed by atoms with van der Waals surface area (Å²) in [6.45, 7) is 8.52. The van der Waals surface area contributed by atoms with Crippen molar-refractivity contribution in [2.24, 2.45) is 0 Å². The first kappa shape index (κ1) is 18.1. The van der Waals surface area contributed by atoms with Crippen molar-refractivity contribution >= 4 is 11.6 Å². The lowest BCUT2D eigenvalue weighted by molar-refractivity contribution is -0.127. The van der Waals surface area contributed by atoms with Crippen LogP contribution < -0.4 is 15.5 Å². The van der Waals surface area contributed by atoms with E-state index >= 15 is 0 Å². The molecule has 5 nitrogen and oxygen atoms in total. The predicted molar refractivity (Wildman–Crippen MR) is 98.3 cm³/mol. The summed E-state index contributed by atoms with van der Waals surface area (Å²) in [6, 6.07) is 7.27. The van der Waals surface area contributed by atoms with Crippen molar-refractivity contribution in [2.75, 3.05) is 37.6 Å². The molecule has 2 heterocycles. The Morgan fingerprint density at radius 1 is 1.24 bits per heavy atom. The number of amides is 1. The Morgan fingerprint density at radius 3 is 2.56 bits per heavy atom. The molecule has 2 aliphatic heterocycles. The Kier molecular flexibility index (Phi) is 5.91. The Morgan fingerprint density at radius 2 is 1.92 bits per heavy atom. The van der Waals surface area contributed by atoms with Crippen molar-refractivity contribution in [2.45, 2.75) is 44.8 Å². The van der Waals surface area contributed by atoms with Gasteiger partial charge in [-0.2, -0.15) is 0 Å². The molecule has 0 aliphatic carbocycles. The largest absolute Gasteiger partial charge is 0.369 e. The van der Waals surface area contributed by atoms with Crippen LogP contribution in [0.5, 0.6) is 0 Å². The molecule has 25 heavy (non-hydrogen) atoms. The molecule has 0 bridgehead atoms. The molecule has 2 saturated heterocycles. The highest BCUT2D eigenvalue weighted by Crippen LogP contribution is 2.18. The van der Waals surface area contributed by atoms with Crippen LogP contribution in [0.3, 0.4) is 0 Å². The first-order chi connectivity index (χ1) is 12.0. The van der Waals surface area contributed by atoms with Crippen LogP contribution in [0.1, 0.15) is 26.7 Å². The van der Waals surface area contributed by atoms with Crippen molar-refractivity contribution in [1.82, 2.24) is 15.5 Å². The number of piperidine rings is 1. The van der Waals surface area contributed by atoms with Crippen molar-refractivity contribution in [3.63, 3.8) is 0 Å². The molecule has 0 saturated carbocycles. The molecule has 0 aromatic heterocycles. The maximum Gasteiger partial charge on any atom is 0.237 e. The molecule has 138 valence electrons. The van der Waals surface area contributed by atoms with Crippen LogP contribution in [0.15, 0.2) is 24.3 Å². The number of nitrogens with one attached hydrogen (secondary N) is 2. The van der Waals surface area contributed by atoms with Crippen molar-refractivity contribution in [3.05, 3.63) is 30.1 Å². The molecule has 3 unspecified atom stereocenters. The van der Waals surface area contributed by atoms with Crippen LogP contribution in [-0.4, -0.2) is 61.7 Å². The minimum Gasteiger partial charge on any atom is -0.369 e. The molecule has 1 amide bonds. The van der Waals surface area contributed by atoms with Gasteiger partial charge in [-0.05, 0) is 57.5 Å². The Hall–Kier alpha value is -1.66. The first-order valence-corrected chi connectivity index (χ1v) is 9.31. The third-order valence-electron chi connectivity index (χ3n) is 5.40. The summed E-state index contributed by atoms with van der Waals surface area (Å²) < 4.78 is 13.1. The standard InChI is InChI=1S/C19H29FN4O/c1-14-13-17(7-8-21-14)22-19(25)15(2)23-9-11-24(12-10-23)18-5-3-16(20)4-6-18/h3-6,14-15,17,21H,7-13H2,1-2H3,(H,22,25). The van der Waals surface area contributed by atoms with E-state index in [1.54, 1.807) is 0 Å². The van der Waals surface area contributed by atoms with Gasteiger partial charge in [0.25, 0.3) is 0 Å². The first-order valence-electron chi connectivity index (χ1n) is 9.31. The third kappa shape index (κ3) is 4.70. The van der Waals surface area contributed by atoms with E-state index in [0.717, 1.165) is 51.3 Å². The third-order valence-corrected chi connectivity index (χ3v) is 5.40. The lowest BCUT2D eigenvalue weighted by Crippen LogP contribution is -2.56. The topological polar surface area (TPSA) is 47.6 Å². The molecule has 2 aliphatic rings. The number of halogens is 1. The van der Waals surface area contributed by atoms with E-state index in [1.165, 1.54) is 12.1 Å². The fraction of sp³-hybridized carbons (Fsp3) is 0.632. The monoisotopic (exact) mass is 348 g/mol. The zero-order valence-electron chi connectivity index (χ0n) is 15.2. The number of anilines is 1. The minimum absolute atomic E-state index is 0.111. The lowest BCUT2D eigenvalue weighted by Gasteiger charge is -2.39. The van der Waals surface area contributed by atoms with Gasteiger partial charge in [-0.25, -0.2) is 4.39 Å². The second-order valence-corrected chi connectivity index (χ2v) is 7.26. The van der Waals surface area contributed by atoms with Crippen molar-refractivity contribution in [3.8, 4) is 0 Å². The molecular formula is C19H29FN4O. The van der Waals surface area contributed by atoms with Gasteiger partial charge in [-0.1, -0.05) is 0 Å². The van der Waals surface area contributed by atoms with Crippen molar-refractivity contribution in [1.29, 1.82) is 0 Å². The zero-order chi connectivity index (χ0) is 17.8. The van der Waals surface area contributed by atoms with E-state index in [-0.39, 0.29) is 23.8 Å². The molecule has 2 fully saturated rings. The summed E-state index contributed by atoms with van der Waals surface area (Å²) in [6.07, 6.45) is 2.00. The van der Waals surface area contributed by atoms with E-state index < -0.39 is 0 Å². The molecule has 0 spiro atoms. The molecular weight excluding hydrogens is 319 g/mol. The molecule has 2 N–H and O–H groups in total. The van der Waals surface area contributed by atoms with Crippen LogP contribution in [0, 0.1) is 5.82 Å². The minimum atomic E-state index is -0.208. The highest BCUT2D eigenvalue weighted by atomic mass is 19.1. The summed E-state index contributed by atoms with van der Waals surface area (Å²) in [5.74, 6) is -0.0748. The number of benzene rings is 1. The van der Waals surface area contributed by atoms with Gasteiger partial charge >= 0.3 is 0 Å². The van der Waals surface area contributed by atoms with E-state index in [0.29, 0.717) is 6.04 Å². The van der Waals surface area contributed by atoms with Gasteiger partial charge in [-0.3, -0.25) is 9.69 Å². The normalized spacial score (nSPS) is 26.3. The van der Waals surface area contributed by atoms with Gasteiger partial charge in [0.15, 0.2) is 0 Å². The Labute approximate surface area is 149 Å². The van der Waals surface area contributed by atoms with Gasteiger partial charge in [0.05, 0.1) is 6.04 Å². The summed E-state index contributed by atoms with van der Waals surface area (Å²) in [7, 11) is 0. The second-order valence-electron chi connectivity index (χ2n) is 7.26. The molecule has 1 aromatic carbocycles. The lowest BCUT2D eigenvalue weighted by atomic mass is 10.0. The van der Waals surface area contributed by atoms with Crippen LogP contribution >= 0.6 is 0 Å². The van der Waals surface area contributed by atoms with Crippen LogP contribution in [-0.2, 0) is 4.79 Å². The molecule has 6 heteroatoms. The average molecular weight is 348 g/mol. The van der Waals surface area contributed by atoms with Crippen molar-refractivity contribution < 1.29 is 9.18 Å². The van der Waals surface area contributed by atoms with E-state index in [9.17, 15) is 9.18 Å². The highest BCUT2D eigenvalue weighted by molar-refractivity contribution is 5.81. The SMILES string of the molecule is CC1CC(NC(=O)C(C)N2CCN(c3ccc(F)cc3)CC2)CCN1. The number of carbonyl (C=O) groups is 1. The Bertz CT molecular complexity index is 571. The Balaban J connectivity index is 1.48. The summed E-state index contributed by atoms with van der Waals surface area (Å²) in [4.78, 5) is 17.1. The summed E-state index contributed by atoms with van der Waals surface area (Å²) in [5.41, 5.74) is 1.04. The molecule has 3 rings (SSSR count). The van der Waals surface area contributed by atoms with Gasteiger partial charge in [0.2, 0.25) is 5.91 Å². The number of rotatable bonds is 4.